The molecular weight excluding hydrogens is 266 g/mol. The van der Waals surface area contributed by atoms with Crippen molar-refractivity contribution in [2.75, 3.05) is 6.54 Å². The fourth-order valence-electron chi connectivity index (χ4n) is 5.83. The number of nitrogens with one attached hydrogen (secondary N) is 1. The zero-order valence-electron chi connectivity index (χ0n) is 12.5. The maximum Gasteiger partial charge on any atom is 0.307 e. The fourth-order valence-corrected chi connectivity index (χ4v) is 5.83. The lowest BCUT2D eigenvalue weighted by atomic mass is 9.52. The predicted molar refractivity (Wildman–Crippen MR) is 77.4 cm³/mol. The van der Waals surface area contributed by atoms with E-state index in [-0.39, 0.29) is 11.8 Å². The van der Waals surface area contributed by atoms with Crippen LogP contribution in [0.25, 0.3) is 0 Å². The Kier molecular flexibility index (Phi) is 3.23. The molecule has 5 fully saturated rings. The second-order valence-corrected chi connectivity index (χ2v) is 7.97. The molecule has 4 nitrogen and oxygen atoms in total. The van der Waals surface area contributed by atoms with Crippen LogP contribution in [0, 0.1) is 41.4 Å². The Bertz CT molecular complexity index is 433. The normalized spacial score (nSPS) is 47.0. The molecule has 4 bridgehead atoms. The fraction of sp³-hybridized carbons (Fsp3) is 0.882. The quantitative estimate of drug-likeness (QED) is 0.835. The van der Waals surface area contributed by atoms with Crippen molar-refractivity contribution in [2.24, 2.45) is 41.4 Å². The van der Waals surface area contributed by atoms with E-state index in [4.69, 9.17) is 5.11 Å². The molecule has 5 aliphatic carbocycles. The van der Waals surface area contributed by atoms with Crippen molar-refractivity contribution in [3.05, 3.63) is 0 Å². The van der Waals surface area contributed by atoms with Crippen LogP contribution in [0.1, 0.15) is 44.9 Å². The van der Waals surface area contributed by atoms with Crippen molar-refractivity contribution in [1.29, 1.82) is 0 Å². The summed E-state index contributed by atoms with van der Waals surface area (Å²) in [5.41, 5.74) is 0. The zero-order valence-corrected chi connectivity index (χ0v) is 12.5. The van der Waals surface area contributed by atoms with Crippen molar-refractivity contribution < 1.29 is 14.7 Å². The van der Waals surface area contributed by atoms with Crippen molar-refractivity contribution in [3.8, 4) is 0 Å². The van der Waals surface area contributed by atoms with Gasteiger partial charge in [-0.25, -0.2) is 0 Å². The highest BCUT2D eigenvalue weighted by molar-refractivity contribution is 5.86. The minimum Gasteiger partial charge on any atom is -0.481 e. The molecular formula is C17H25NO3. The van der Waals surface area contributed by atoms with E-state index in [0.29, 0.717) is 12.3 Å². The summed E-state index contributed by atoms with van der Waals surface area (Å²) in [6, 6.07) is 0. The van der Waals surface area contributed by atoms with E-state index >= 15 is 0 Å². The Hall–Kier alpha value is -1.06. The van der Waals surface area contributed by atoms with Gasteiger partial charge in [0.05, 0.1) is 11.8 Å². The number of carboxylic acids is 1. The Labute approximate surface area is 125 Å². The van der Waals surface area contributed by atoms with Gasteiger partial charge < -0.3 is 10.4 Å². The number of carboxylic acid groups (broad SMARTS) is 1. The summed E-state index contributed by atoms with van der Waals surface area (Å²) < 4.78 is 0. The number of rotatable bonds is 4. The Balaban J connectivity index is 1.33. The Morgan fingerprint density at radius 1 is 0.905 bits per heavy atom. The average molecular weight is 291 g/mol. The third-order valence-electron chi connectivity index (χ3n) is 6.86. The van der Waals surface area contributed by atoms with Gasteiger partial charge in [0.25, 0.3) is 0 Å². The molecule has 0 aliphatic heterocycles. The van der Waals surface area contributed by atoms with Crippen molar-refractivity contribution in [3.63, 3.8) is 0 Å². The van der Waals surface area contributed by atoms with Crippen LogP contribution in [-0.4, -0.2) is 23.5 Å². The SMILES string of the molecule is O=C(O)C1CCC1C(=O)NCC1C2CC3CC(C2)CC1C3. The van der Waals surface area contributed by atoms with Crippen LogP contribution >= 0.6 is 0 Å². The molecule has 5 aliphatic rings. The highest BCUT2D eigenvalue weighted by Crippen LogP contribution is 2.56. The van der Waals surface area contributed by atoms with Gasteiger partial charge in [-0.2, -0.15) is 0 Å². The molecule has 5 rings (SSSR count). The van der Waals surface area contributed by atoms with E-state index in [9.17, 15) is 9.59 Å². The van der Waals surface area contributed by atoms with Crippen LogP contribution in [0.15, 0.2) is 0 Å². The van der Waals surface area contributed by atoms with Gasteiger partial charge in [0, 0.05) is 6.54 Å². The zero-order chi connectivity index (χ0) is 14.6. The molecule has 4 heteroatoms. The van der Waals surface area contributed by atoms with Crippen molar-refractivity contribution >= 4 is 11.9 Å². The van der Waals surface area contributed by atoms with E-state index in [0.717, 1.165) is 36.6 Å². The molecule has 2 unspecified atom stereocenters. The molecule has 0 heterocycles. The van der Waals surface area contributed by atoms with E-state index in [1.165, 1.54) is 32.1 Å². The lowest BCUT2D eigenvalue weighted by Gasteiger charge is -2.54. The number of amides is 1. The predicted octanol–water partition coefficient (Wildman–Crippen LogP) is 2.29. The standard InChI is InChI=1S/C17H25NO3/c19-16(13-1-2-14(13)17(20)21)18-8-15-11-4-9-3-10(6-11)7-12(15)5-9/h9-15H,1-8H2,(H,18,19)(H,20,21). The smallest absolute Gasteiger partial charge is 0.307 e. The molecule has 1 amide bonds. The third-order valence-corrected chi connectivity index (χ3v) is 6.86. The van der Waals surface area contributed by atoms with Crippen LogP contribution in [0.2, 0.25) is 0 Å². The lowest BCUT2D eigenvalue weighted by Crippen LogP contribution is -2.51. The van der Waals surface area contributed by atoms with Gasteiger partial charge in [0.2, 0.25) is 5.91 Å². The largest absolute Gasteiger partial charge is 0.481 e. The second kappa shape index (κ2) is 4.99. The van der Waals surface area contributed by atoms with Gasteiger partial charge >= 0.3 is 5.97 Å². The number of carbonyl (C=O) groups excluding carboxylic acids is 1. The molecule has 0 spiro atoms. The monoisotopic (exact) mass is 291 g/mol. The van der Waals surface area contributed by atoms with Crippen LogP contribution < -0.4 is 5.32 Å². The van der Waals surface area contributed by atoms with E-state index in [1.807, 2.05) is 0 Å². The number of hydrogen-bond acceptors (Lipinski definition) is 2. The minimum absolute atomic E-state index is 0.0116. The summed E-state index contributed by atoms with van der Waals surface area (Å²) in [5.74, 6) is 2.67. The van der Waals surface area contributed by atoms with Crippen LogP contribution in [0.3, 0.4) is 0 Å². The summed E-state index contributed by atoms with van der Waals surface area (Å²) >= 11 is 0. The molecule has 0 aromatic heterocycles. The summed E-state index contributed by atoms with van der Waals surface area (Å²) in [6.07, 6.45) is 8.33. The first kappa shape index (κ1) is 13.6. The van der Waals surface area contributed by atoms with Gasteiger partial charge in [-0.1, -0.05) is 0 Å². The van der Waals surface area contributed by atoms with Crippen molar-refractivity contribution in [1.82, 2.24) is 5.32 Å². The minimum atomic E-state index is -0.809. The summed E-state index contributed by atoms with van der Waals surface area (Å²) in [5, 5.41) is 12.1. The molecule has 0 radical (unpaired) electrons. The van der Waals surface area contributed by atoms with Crippen LogP contribution in [0.5, 0.6) is 0 Å². The number of carbonyl (C=O) groups is 2. The molecule has 116 valence electrons. The Morgan fingerprint density at radius 2 is 1.48 bits per heavy atom. The van der Waals surface area contributed by atoms with Gasteiger partial charge in [0.15, 0.2) is 0 Å². The first-order chi connectivity index (χ1) is 10.1. The van der Waals surface area contributed by atoms with E-state index in [1.54, 1.807) is 0 Å². The van der Waals surface area contributed by atoms with Gasteiger partial charge in [0.1, 0.15) is 0 Å². The highest BCUT2D eigenvalue weighted by Gasteiger charge is 2.48. The number of aliphatic carboxylic acids is 1. The number of hydrogen-bond donors (Lipinski definition) is 2. The molecule has 5 saturated carbocycles. The average Bonchev–Trinajstić information content (AvgIpc) is 2.34. The maximum atomic E-state index is 12.2. The molecule has 0 saturated heterocycles. The first-order valence-electron chi connectivity index (χ1n) is 8.62. The first-order valence-corrected chi connectivity index (χ1v) is 8.62. The molecule has 0 aromatic carbocycles. The summed E-state index contributed by atoms with van der Waals surface area (Å²) in [4.78, 5) is 23.2. The van der Waals surface area contributed by atoms with E-state index < -0.39 is 11.9 Å². The van der Waals surface area contributed by atoms with E-state index in [2.05, 4.69) is 5.32 Å². The lowest BCUT2D eigenvalue weighted by molar-refractivity contribution is -0.153. The summed E-state index contributed by atoms with van der Waals surface area (Å²) in [6.45, 7) is 0.788. The molecule has 21 heavy (non-hydrogen) atoms. The second-order valence-electron chi connectivity index (χ2n) is 7.97. The van der Waals surface area contributed by atoms with Gasteiger partial charge in [-0.3, -0.25) is 9.59 Å². The van der Waals surface area contributed by atoms with Crippen molar-refractivity contribution in [2.45, 2.75) is 44.9 Å². The van der Waals surface area contributed by atoms with Gasteiger partial charge in [-0.15, -0.1) is 0 Å². The highest BCUT2D eigenvalue weighted by atomic mass is 16.4. The van der Waals surface area contributed by atoms with Gasteiger partial charge in [-0.05, 0) is 74.5 Å². The van der Waals surface area contributed by atoms with Crippen LogP contribution in [0.4, 0.5) is 0 Å². The Morgan fingerprint density at radius 3 is 1.95 bits per heavy atom. The van der Waals surface area contributed by atoms with Crippen LogP contribution in [-0.2, 0) is 9.59 Å². The molecule has 2 N–H and O–H groups in total. The maximum absolute atomic E-state index is 12.2. The molecule has 0 aromatic rings. The topological polar surface area (TPSA) is 66.4 Å². The third kappa shape index (κ3) is 2.27. The molecule has 2 atom stereocenters. The summed E-state index contributed by atoms with van der Waals surface area (Å²) in [7, 11) is 0.